The summed E-state index contributed by atoms with van der Waals surface area (Å²) < 4.78 is 27.1. The van der Waals surface area contributed by atoms with Gasteiger partial charge < -0.3 is 15.7 Å². The molecule has 1 aromatic carbocycles. The quantitative estimate of drug-likeness (QED) is 0.763. The van der Waals surface area contributed by atoms with Gasteiger partial charge in [-0.25, -0.2) is 13.6 Å². The van der Waals surface area contributed by atoms with Crippen molar-refractivity contribution in [1.82, 2.24) is 5.32 Å². The maximum atomic E-state index is 13.5. The van der Waals surface area contributed by atoms with Crippen LogP contribution in [0.25, 0.3) is 0 Å². The Hall–Kier alpha value is -1.70. The Morgan fingerprint density at radius 2 is 1.90 bits per heavy atom. The minimum Gasteiger partial charge on any atom is -0.481 e. The van der Waals surface area contributed by atoms with Crippen LogP contribution in [0.3, 0.4) is 0 Å². The van der Waals surface area contributed by atoms with E-state index in [1.807, 2.05) is 5.32 Å². The van der Waals surface area contributed by atoms with Crippen LogP contribution >= 0.6 is 15.9 Å². The Kier molecular flexibility index (Phi) is 5.87. The van der Waals surface area contributed by atoms with Gasteiger partial charge in [0, 0.05) is 11.0 Å². The summed E-state index contributed by atoms with van der Waals surface area (Å²) in [4.78, 5) is 22.2. The molecule has 0 radical (unpaired) electrons. The van der Waals surface area contributed by atoms with E-state index in [0.717, 1.165) is 12.1 Å². The van der Waals surface area contributed by atoms with E-state index in [1.54, 1.807) is 6.92 Å². The number of hydrogen-bond acceptors (Lipinski definition) is 2. The number of carboxylic acids is 1. The average molecular weight is 351 g/mol. The highest BCUT2D eigenvalue weighted by molar-refractivity contribution is 9.10. The molecule has 0 saturated heterocycles. The number of carbonyl (C=O) groups excluding carboxylic acids is 1. The molecule has 0 aromatic heterocycles. The molecule has 1 aromatic rings. The molecule has 0 saturated carbocycles. The maximum absolute atomic E-state index is 13.5. The van der Waals surface area contributed by atoms with Gasteiger partial charge in [0.15, 0.2) is 11.6 Å². The van der Waals surface area contributed by atoms with Gasteiger partial charge in [0.1, 0.15) is 5.69 Å². The fourth-order valence-electron chi connectivity index (χ4n) is 1.44. The van der Waals surface area contributed by atoms with Crippen LogP contribution in [0.1, 0.15) is 13.3 Å². The monoisotopic (exact) mass is 350 g/mol. The molecule has 0 aliphatic heterocycles. The molecule has 0 heterocycles. The first-order valence-electron chi connectivity index (χ1n) is 5.77. The van der Waals surface area contributed by atoms with Crippen molar-refractivity contribution >= 4 is 33.6 Å². The lowest BCUT2D eigenvalue weighted by Crippen LogP contribution is -2.35. The summed E-state index contributed by atoms with van der Waals surface area (Å²) in [5.74, 6) is -3.66. The second-order valence-electron chi connectivity index (χ2n) is 4.02. The van der Waals surface area contributed by atoms with Crippen LogP contribution in [0.2, 0.25) is 0 Å². The zero-order valence-corrected chi connectivity index (χ0v) is 12.1. The predicted molar refractivity (Wildman–Crippen MR) is 72.5 cm³/mol. The first-order chi connectivity index (χ1) is 9.35. The van der Waals surface area contributed by atoms with Crippen molar-refractivity contribution in [3.8, 4) is 0 Å². The van der Waals surface area contributed by atoms with Crippen molar-refractivity contribution in [2.24, 2.45) is 5.92 Å². The van der Waals surface area contributed by atoms with E-state index in [4.69, 9.17) is 5.11 Å². The Morgan fingerprint density at radius 3 is 2.35 bits per heavy atom. The number of carbonyl (C=O) groups is 2. The van der Waals surface area contributed by atoms with Crippen LogP contribution in [-0.2, 0) is 4.79 Å². The molecule has 0 fully saturated rings. The summed E-state index contributed by atoms with van der Waals surface area (Å²) in [5.41, 5.74) is -0.589. The maximum Gasteiger partial charge on any atom is 0.319 e. The van der Waals surface area contributed by atoms with E-state index in [2.05, 4.69) is 21.2 Å². The van der Waals surface area contributed by atoms with Gasteiger partial charge >= 0.3 is 12.0 Å². The summed E-state index contributed by atoms with van der Waals surface area (Å²) in [5, 5.41) is 13.1. The van der Waals surface area contributed by atoms with Crippen LogP contribution in [0.15, 0.2) is 16.6 Å². The van der Waals surface area contributed by atoms with Crippen molar-refractivity contribution in [2.45, 2.75) is 13.3 Å². The molecule has 0 spiro atoms. The second-order valence-corrected chi connectivity index (χ2v) is 4.94. The minimum absolute atomic E-state index is 0.128. The van der Waals surface area contributed by atoms with E-state index in [1.165, 1.54) is 0 Å². The molecular weight excluding hydrogens is 338 g/mol. The van der Waals surface area contributed by atoms with Gasteiger partial charge in [-0.05, 0) is 18.6 Å². The zero-order valence-electron chi connectivity index (χ0n) is 10.5. The van der Waals surface area contributed by atoms with Gasteiger partial charge in [-0.15, -0.1) is 0 Å². The molecule has 8 heteroatoms. The molecule has 1 atom stereocenters. The van der Waals surface area contributed by atoms with E-state index in [0.29, 0.717) is 6.42 Å². The fourth-order valence-corrected chi connectivity index (χ4v) is 1.84. The molecule has 0 aliphatic carbocycles. The van der Waals surface area contributed by atoms with Crippen molar-refractivity contribution in [3.05, 3.63) is 28.2 Å². The highest BCUT2D eigenvalue weighted by Crippen LogP contribution is 2.23. The Bertz CT molecular complexity index is 502. The third kappa shape index (κ3) is 4.44. The van der Waals surface area contributed by atoms with Gasteiger partial charge in [-0.1, -0.05) is 22.9 Å². The molecule has 1 rings (SSSR count). The van der Waals surface area contributed by atoms with E-state index >= 15 is 0 Å². The largest absolute Gasteiger partial charge is 0.481 e. The lowest BCUT2D eigenvalue weighted by atomic mass is 10.1. The van der Waals surface area contributed by atoms with Crippen LogP contribution in [0.4, 0.5) is 19.3 Å². The molecule has 2 amide bonds. The molecule has 5 nitrogen and oxygen atoms in total. The third-order valence-electron chi connectivity index (χ3n) is 2.60. The van der Waals surface area contributed by atoms with Gasteiger partial charge in [-0.2, -0.15) is 0 Å². The summed E-state index contributed by atoms with van der Waals surface area (Å²) in [7, 11) is 0. The molecule has 20 heavy (non-hydrogen) atoms. The SMILES string of the molecule is CCC(CNC(=O)Nc1c(F)cc(Br)cc1F)C(=O)O. The van der Waals surface area contributed by atoms with Crippen LogP contribution in [0, 0.1) is 17.6 Å². The fraction of sp³-hybridized carbons (Fsp3) is 0.333. The summed E-state index contributed by atoms with van der Waals surface area (Å²) >= 11 is 2.91. The zero-order chi connectivity index (χ0) is 15.3. The number of benzene rings is 1. The number of hydrogen-bond donors (Lipinski definition) is 3. The normalized spacial score (nSPS) is 11.8. The Morgan fingerprint density at radius 1 is 1.35 bits per heavy atom. The standard InChI is InChI=1S/C12H13BrF2N2O3/c1-2-6(11(18)19)5-16-12(20)17-10-8(14)3-7(13)4-9(10)15/h3-4,6H,2,5H2,1H3,(H,18,19)(H2,16,17,20). The molecule has 1 unspecified atom stereocenters. The molecule has 3 N–H and O–H groups in total. The lowest BCUT2D eigenvalue weighted by molar-refractivity contribution is -0.141. The van der Waals surface area contributed by atoms with Gasteiger partial charge in [0.05, 0.1) is 5.92 Å². The lowest BCUT2D eigenvalue weighted by Gasteiger charge is -2.12. The predicted octanol–water partition coefficient (Wildman–Crippen LogP) is 2.96. The number of halogens is 3. The van der Waals surface area contributed by atoms with Gasteiger partial charge in [0.25, 0.3) is 0 Å². The second kappa shape index (κ2) is 7.18. The first kappa shape index (κ1) is 16.4. The minimum atomic E-state index is -1.05. The average Bonchev–Trinajstić information content (AvgIpc) is 2.34. The number of carboxylic acid groups (broad SMARTS) is 1. The van der Waals surface area contributed by atoms with E-state index in [-0.39, 0.29) is 11.0 Å². The number of amides is 2. The number of rotatable bonds is 5. The highest BCUT2D eigenvalue weighted by atomic mass is 79.9. The number of aliphatic carboxylic acids is 1. The summed E-state index contributed by atoms with van der Waals surface area (Å²) in [6.07, 6.45) is 0.330. The van der Waals surface area contributed by atoms with E-state index in [9.17, 15) is 18.4 Å². The smallest absolute Gasteiger partial charge is 0.319 e. The van der Waals surface area contributed by atoms with Gasteiger partial charge in [-0.3, -0.25) is 4.79 Å². The van der Waals surface area contributed by atoms with Gasteiger partial charge in [0.2, 0.25) is 0 Å². The van der Waals surface area contributed by atoms with Crippen LogP contribution in [0.5, 0.6) is 0 Å². The Labute approximate surface area is 122 Å². The number of anilines is 1. The third-order valence-corrected chi connectivity index (χ3v) is 3.05. The number of nitrogens with one attached hydrogen (secondary N) is 2. The van der Waals surface area contributed by atoms with Crippen molar-refractivity contribution < 1.29 is 23.5 Å². The molecule has 0 bridgehead atoms. The number of urea groups is 1. The molecule has 0 aliphatic rings. The van der Waals surface area contributed by atoms with Crippen LogP contribution in [-0.4, -0.2) is 23.7 Å². The highest BCUT2D eigenvalue weighted by Gasteiger charge is 2.17. The van der Waals surface area contributed by atoms with Crippen molar-refractivity contribution in [2.75, 3.05) is 11.9 Å². The first-order valence-corrected chi connectivity index (χ1v) is 6.56. The summed E-state index contributed by atoms with van der Waals surface area (Å²) in [6.45, 7) is 1.53. The molecular formula is C12H13BrF2N2O3. The van der Waals surface area contributed by atoms with Crippen molar-refractivity contribution in [3.63, 3.8) is 0 Å². The summed E-state index contributed by atoms with van der Waals surface area (Å²) in [6, 6.07) is 1.14. The molecule has 110 valence electrons. The topological polar surface area (TPSA) is 78.4 Å². The Balaban J connectivity index is 2.66. The van der Waals surface area contributed by atoms with E-state index < -0.39 is 35.2 Å². The van der Waals surface area contributed by atoms with Crippen LogP contribution < -0.4 is 10.6 Å². The van der Waals surface area contributed by atoms with Crippen molar-refractivity contribution in [1.29, 1.82) is 0 Å².